The van der Waals surface area contributed by atoms with Crippen LogP contribution in [0.2, 0.25) is 0 Å². The van der Waals surface area contributed by atoms with E-state index in [2.05, 4.69) is 6.07 Å². The molecule has 0 aliphatic carbocycles. The predicted octanol–water partition coefficient (Wildman–Crippen LogP) is 4.11. The van der Waals surface area contributed by atoms with Gasteiger partial charge in [0.1, 0.15) is 0 Å². The summed E-state index contributed by atoms with van der Waals surface area (Å²) in [6.45, 7) is 0. The first kappa shape index (κ1) is 12.4. The third-order valence-corrected chi connectivity index (χ3v) is 4.01. The second kappa shape index (κ2) is 5.16. The molecule has 0 fully saturated rings. The lowest BCUT2D eigenvalue weighted by molar-refractivity contribution is 0.101. The number of benzene rings is 1. The van der Waals surface area contributed by atoms with Gasteiger partial charge in [-0.15, -0.1) is 11.3 Å². The van der Waals surface area contributed by atoms with E-state index in [-0.39, 0.29) is 5.78 Å². The van der Waals surface area contributed by atoms with Gasteiger partial charge in [0, 0.05) is 4.88 Å². The van der Waals surface area contributed by atoms with Gasteiger partial charge in [-0.25, -0.2) is 0 Å². The molecule has 0 atom stereocenters. The van der Waals surface area contributed by atoms with E-state index in [0.29, 0.717) is 16.2 Å². The maximum Gasteiger partial charge on any atom is 0.238 e. The number of thiophene rings is 1. The second-order valence-electron chi connectivity index (χ2n) is 4.16. The second-order valence-corrected chi connectivity index (χ2v) is 5.24. The Morgan fingerprint density at radius 3 is 2.55 bits per heavy atom. The first-order chi connectivity index (χ1) is 9.78. The highest BCUT2D eigenvalue weighted by atomic mass is 32.1. The van der Waals surface area contributed by atoms with Crippen molar-refractivity contribution in [3.63, 3.8) is 0 Å². The first-order valence-electron chi connectivity index (χ1n) is 5.96. The van der Waals surface area contributed by atoms with E-state index >= 15 is 0 Å². The van der Waals surface area contributed by atoms with E-state index in [1.165, 1.54) is 17.6 Å². The summed E-state index contributed by atoms with van der Waals surface area (Å²) in [5, 5.41) is 8.78. The lowest BCUT2D eigenvalue weighted by Gasteiger charge is -1.96. The molecule has 2 heterocycles. The zero-order chi connectivity index (χ0) is 13.9. The summed E-state index contributed by atoms with van der Waals surface area (Å²) < 4.78 is 5.12. The van der Waals surface area contributed by atoms with Crippen LogP contribution in [0.4, 0.5) is 0 Å². The standard InChI is InChI=1S/C16H9NO2S/c17-10-11-3-5-12(6-4-11)14-7-8-15(20-14)16(18)13-2-1-9-19-13/h1-9H. The van der Waals surface area contributed by atoms with Crippen molar-refractivity contribution >= 4 is 17.1 Å². The third kappa shape index (κ3) is 2.27. The maximum absolute atomic E-state index is 12.1. The van der Waals surface area contributed by atoms with Crippen LogP contribution < -0.4 is 0 Å². The zero-order valence-electron chi connectivity index (χ0n) is 10.4. The molecule has 0 spiro atoms. The Kier molecular flexibility index (Phi) is 3.20. The van der Waals surface area contributed by atoms with E-state index < -0.39 is 0 Å². The fraction of sp³-hybridized carbons (Fsp3) is 0. The summed E-state index contributed by atoms with van der Waals surface area (Å²) in [4.78, 5) is 13.8. The van der Waals surface area contributed by atoms with Crippen molar-refractivity contribution in [2.24, 2.45) is 0 Å². The number of ketones is 1. The minimum Gasteiger partial charge on any atom is -0.461 e. The molecule has 0 saturated carbocycles. The van der Waals surface area contributed by atoms with Crippen molar-refractivity contribution in [3.8, 4) is 16.5 Å². The molecule has 3 aromatic rings. The molecule has 0 amide bonds. The molecule has 0 aliphatic heterocycles. The van der Waals surface area contributed by atoms with Crippen LogP contribution in [0.5, 0.6) is 0 Å². The van der Waals surface area contributed by atoms with Crippen molar-refractivity contribution in [2.75, 3.05) is 0 Å². The zero-order valence-corrected chi connectivity index (χ0v) is 11.2. The van der Waals surface area contributed by atoms with Gasteiger partial charge in [-0.1, -0.05) is 12.1 Å². The molecule has 96 valence electrons. The number of furan rings is 1. The van der Waals surface area contributed by atoms with Gasteiger partial charge in [0.25, 0.3) is 0 Å². The SMILES string of the molecule is N#Cc1ccc(-c2ccc(C(=O)c3ccco3)s2)cc1. The molecule has 3 rings (SSSR count). The molecular formula is C16H9NO2S. The molecule has 0 N–H and O–H groups in total. The van der Waals surface area contributed by atoms with Gasteiger partial charge in [0.2, 0.25) is 5.78 Å². The summed E-state index contributed by atoms with van der Waals surface area (Å²) in [6.07, 6.45) is 1.49. The molecule has 0 aliphatic rings. The normalized spacial score (nSPS) is 10.2. The van der Waals surface area contributed by atoms with Gasteiger partial charge in [-0.3, -0.25) is 4.79 Å². The molecular weight excluding hydrogens is 270 g/mol. The molecule has 0 saturated heterocycles. The van der Waals surface area contributed by atoms with Gasteiger partial charge in [0.05, 0.1) is 22.8 Å². The smallest absolute Gasteiger partial charge is 0.238 e. The van der Waals surface area contributed by atoms with Crippen molar-refractivity contribution < 1.29 is 9.21 Å². The Bertz CT molecular complexity index is 777. The number of nitrogens with zero attached hydrogens (tertiary/aromatic N) is 1. The van der Waals surface area contributed by atoms with E-state index in [0.717, 1.165) is 10.4 Å². The molecule has 0 bridgehead atoms. The lowest BCUT2D eigenvalue weighted by atomic mass is 10.1. The lowest BCUT2D eigenvalue weighted by Crippen LogP contribution is -1.95. The van der Waals surface area contributed by atoms with Crippen LogP contribution >= 0.6 is 11.3 Å². The first-order valence-corrected chi connectivity index (χ1v) is 6.78. The quantitative estimate of drug-likeness (QED) is 0.678. The summed E-state index contributed by atoms with van der Waals surface area (Å²) in [5.41, 5.74) is 1.62. The number of hydrogen-bond acceptors (Lipinski definition) is 4. The molecule has 2 aromatic heterocycles. The fourth-order valence-electron chi connectivity index (χ4n) is 1.85. The predicted molar refractivity (Wildman–Crippen MR) is 76.6 cm³/mol. The van der Waals surface area contributed by atoms with Crippen LogP contribution in [0, 0.1) is 11.3 Å². The molecule has 0 radical (unpaired) electrons. The summed E-state index contributed by atoms with van der Waals surface area (Å²) >= 11 is 1.41. The topological polar surface area (TPSA) is 54.0 Å². The Labute approximate surface area is 119 Å². The Balaban J connectivity index is 1.90. The van der Waals surface area contributed by atoms with Crippen molar-refractivity contribution in [3.05, 3.63) is 71.0 Å². The monoisotopic (exact) mass is 279 g/mol. The van der Waals surface area contributed by atoms with Crippen LogP contribution in [-0.2, 0) is 0 Å². The number of rotatable bonds is 3. The average Bonchev–Trinajstić information content (AvgIpc) is 3.18. The highest BCUT2D eigenvalue weighted by Crippen LogP contribution is 2.29. The minimum atomic E-state index is -0.111. The largest absolute Gasteiger partial charge is 0.461 e. The Morgan fingerprint density at radius 2 is 1.90 bits per heavy atom. The molecule has 4 heteroatoms. The molecule has 1 aromatic carbocycles. The summed E-state index contributed by atoms with van der Waals surface area (Å²) in [6, 6.07) is 16.4. The highest BCUT2D eigenvalue weighted by molar-refractivity contribution is 7.17. The van der Waals surface area contributed by atoms with Crippen molar-refractivity contribution in [2.45, 2.75) is 0 Å². The average molecular weight is 279 g/mol. The van der Waals surface area contributed by atoms with Gasteiger partial charge in [-0.05, 0) is 42.0 Å². The van der Waals surface area contributed by atoms with Crippen LogP contribution in [0.15, 0.2) is 59.2 Å². The maximum atomic E-state index is 12.1. The van der Waals surface area contributed by atoms with Gasteiger partial charge < -0.3 is 4.42 Å². The van der Waals surface area contributed by atoms with Crippen LogP contribution in [-0.4, -0.2) is 5.78 Å². The fourth-order valence-corrected chi connectivity index (χ4v) is 2.81. The highest BCUT2D eigenvalue weighted by Gasteiger charge is 2.14. The molecule has 3 nitrogen and oxygen atoms in total. The summed E-state index contributed by atoms with van der Waals surface area (Å²) in [5.74, 6) is 0.234. The number of hydrogen-bond donors (Lipinski definition) is 0. The van der Waals surface area contributed by atoms with Gasteiger partial charge in [-0.2, -0.15) is 5.26 Å². The van der Waals surface area contributed by atoms with Crippen LogP contribution in [0.1, 0.15) is 21.0 Å². The number of carbonyl (C=O) groups excluding carboxylic acids is 1. The van der Waals surface area contributed by atoms with Crippen LogP contribution in [0.25, 0.3) is 10.4 Å². The van der Waals surface area contributed by atoms with Crippen LogP contribution in [0.3, 0.4) is 0 Å². The van der Waals surface area contributed by atoms with E-state index in [4.69, 9.17) is 9.68 Å². The molecule has 0 unspecified atom stereocenters. The Hall–Kier alpha value is -2.64. The molecule has 20 heavy (non-hydrogen) atoms. The van der Waals surface area contributed by atoms with E-state index in [1.807, 2.05) is 18.2 Å². The summed E-state index contributed by atoms with van der Waals surface area (Å²) in [7, 11) is 0. The van der Waals surface area contributed by atoms with Gasteiger partial charge in [0.15, 0.2) is 5.76 Å². The van der Waals surface area contributed by atoms with Crippen molar-refractivity contribution in [1.29, 1.82) is 5.26 Å². The van der Waals surface area contributed by atoms with E-state index in [1.54, 1.807) is 30.3 Å². The van der Waals surface area contributed by atoms with E-state index in [9.17, 15) is 4.79 Å². The number of carbonyl (C=O) groups is 1. The third-order valence-electron chi connectivity index (χ3n) is 2.87. The Morgan fingerprint density at radius 1 is 1.10 bits per heavy atom. The van der Waals surface area contributed by atoms with Crippen molar-refractivity contribution in [1.82, 2.24) is 0 Å². The van der Waals surface area contributed by atoms with Gasteiger partial charge >= 0.3 is 0 Å². The number of nitriles is 1. The minimum absolute atomic E-state index is 0.111.